The second kappa shape index (κ2) is 5.82. The zero-order chi connectivity index (χ0) is 14.9. The molecule has 3 heterocycles. The monoisotopic (exact) mass is 329 g/mol. The first kappa shape index (κ1) is 14.6. The molecule has 21 heavy (non-hydrogen) atoms. The Hall–Kier alpha value is -1.32. The van der Waals surface area contributed by atoms with Crippen molar-refractivity contribution in [1.82, 2.24) is 15.1 Å². The van der Waals surface area contributed by atoms with Crippen molar-refractivity contribution >= 4 is 21.2 Å². The van der Waals surface area contributed by atoms with Gasteiger partial charge in [0.2, 0.25) is 0 Å². The van der Waals surface area contributed by atoms with Crippen molar-refractivity contribution in [2.24, 2.45) is 0 Å². The topological polar surface area (TPSA) is 95.2 Å². The minimum absolute atomic E-state index is 0.0104. The summed E-state index contributed by atoms with van der Waals surface area (Å²) < 4.78 is 34.7. The van der Waals surface area contributed by atoms with E-state index in [1.54, 1.807) is 5.51 Å². The van der Waals surface area contributed by atoms with E-state index in [0.29, 0.717) is 12.5 Å². The van der Waals surface area contributed by atoms with E-state index in [4.69, 9.17) is 9.26 Å². The Bertz CT molecular complexity index is 716. The highest BCUT2D eigenvalue weighted by Crippen LogP contribution is 2.25. The van der Waals surface area contributed by atoms with E-state index in [2.05, 4.69) is 15.1 Å². The minimum Gasteiger partial charge on any atom is -0.377 e. The van der Waals surface area contributed by atoms with Crippen LogP contribution in [0.15, 0.2) is 10.0 Å². The smallest absolute Gasteiger partial charge is 0.269 e. The molecule has 1 fully saturated rings. The van der Waals surface area contributed by atoms with Crippen LogP contribution in [-0.2, 0) is 20.3 Å². The van der Waals surface area contributed by atoms with Gasteiger partial charge < -0.3 is 9.26 Å². The molecule has 0 amide bonds. The van der Waals surface area contributed by atoms with Gasteiger partial charge in [0.15, 0.2) is 15.7 Å². The molecule has 0 aliphatic carbocycles. The third-order valence-electron chi connectivity index (χ3n) is 3.22. The molecule has 7 nitrogen and oxygen atoms in total. The predicted molar refractivity (Wildman–Crippen MR) is 76.6 cm³/mol. The summed E-state index contributed by atoms with van der Waals surface area (Å²) in [5, 5.41) is 3.75. The zero-order valence-electron chi connectivity index (χ0n) is 11.5. The molecule has 1 saturated heterocycles. The molecule has 0 unspecified atom stereocenters. The highest BCUT2D eigenvalue weighted by molar-refractivity contribution is 7.90. The predicted octanol–water partition coefficient (Wildman–Crippen LogP) is 1.60. The fraction of sp³-hybridized carbons (Fsp3) is 0.583. The van der Waals surface area contributed by atoms with Gasteiger partial charge in [-0.1, -0.05) is 5.16 Å². The molecule has 0 bridgehead atoms. The molecule has 1 atom stereocenters. The summed E-state index contributed by atoms with van der Waals surface area (Å²) in [6.07, 6.45) is 1.50. The molecule has 0 saturated carbocycles. The van der Waals surface area contributed by atoms with E-state index in [-0.39, 0.29) is 23.4 Å². The summed E-state index contributed by atoms with van der Waals surface area (Å²) in [6, 6.07) is 0. The zero-order valence-corrected chi connectivity index (χ0v) is 13.1. The second-order valence-electron chi connectivity index (χ2n) is 4.97. The van der Waals surface area contributed by atoms with E-state index < -0.39 is 9.84 Å². The first-order valence-electron chi connectivity index (χ1n) is 6.58. The number of aromatic nitrogens is 3. The fourth-order valence-electron chi connectivity index (χ4n) is 2.23. The molecule has 0 N–H and O–H groups in total. The molecule has 9 heteroatoms. The Morgan fingerprint density at radius 3 is 3.00 bits per heavy atom. The molecule has 0 radical (unpaired) electrons. The SMILES string of the molecule is Cc1ncsc1-c1nc(CS(=O)(=O)C[C@H]2CCCO2)no1. The Kier molecular flexibility index (Phi) is 4.05. The Balaban J connectivity index is 1.70. The number of ether oxygens (including phenoxy) is 1. The number of nitrogens with zero attached hydrogens (tertiary/aromatic N) is 3. The van der Waals surface area contributed by atoms with Crippen LogP contribution in [0.2, 0.25) is 0 Å². The van der Waals surface area contributed by atoms with Crippen LogP contribution in [0.4, 0.5) is 0 Å². The van der Waals surface area contributed by atoms with Crippen LogP contribution in [0.1, 0.15) is 24.4 Å². The normalized spacial score (nSPS) is 19.2. The van der Waals surface area contributed by atoms with Crippen molar-refractivity contribution in [3.63, 3.8) is 0 Å². The summed E-state index contributed by atoms with van der Waals surface area (Å²) in [7, 11) is -3.31. The van der Waals surface area contributed by atoms with Crippen molar-refractivity contribution in [3.05, 3.63) is 17.0 Å². The number of aryl methyl sites for hydroxylation is 1. The van der Waals surface area contributed by atoms with Crippen LogP contribution in [-0.4, -0.2) is 42.0 Å². The summed E-state index contributed by atoms with van der Waals surface area (Å²) >= 11 is 1.38. The fourth-order valence-corrected chi connectivity index (χ4v) is 4.41. The van der Waals surface area contributed by atoms with Crippen LogP contribution < -0.4 is 0 Å². The molecule has 1 aliphatic rings. The summed E-state index contributed by atoms with van der Waals surface area (Å²) in [5.74, 6) is 0.276. The maximum atomic E-state index is 12.1. The van der Waals surface area contributed by atoms with Gasteiger partial charge in [0.05, 0.1) is 23.1 Å². The summed E-state index contributed by atoms with van der Waals surface area (Å²) in [4.78, 5) is 9.02. The van der Waals surface area contributed by atoms with E-state index in [0.717, 1.165) is 23.4 Å². The van der Waals surface area contributed by atoms with Gasteiger partial charge in [-0.05, 0) is 19.8 Å². The Morgan fingerprint density at radius 1 is 1.48 bits per heavy atom. The van der Waals surface area contributed by atoms with Gasteiger partial charge in [0, 0.05) is 6.61 Å². The average molecular weight is 329 g/mol. The molecular formula is C12H15N3O4S2. The maximum Gasteiger partial charge on any atom is 0.269 e. The lowest BCUT2D eigenvalue weighted by atomic mass is 10.3. The van der Waals surface area contributed by atoms with Crippen molar-refractivity contribution in [3.8, 4) is 10.8 Å². The van der Waals surface area contributed by atoms with Gasteiger partial charge in [-0.25, -0.2) is 13.4 Å². The average Bonchev–Trinajstić information content (AvgIpc) is 3.10. The van der Waals surface area contributed by atoms with E-state index >= 15 is 0 Å². The molecule has 0 aromatic carbocycles. The van der Waals surface area contributed by atoms with Crippen molar-refractivity contribution in [1.29, 1.82) is 0 Å². The van der Waals surface area contributed by atoms with Gasteiger partial charge in [0.1, 0.15) is 10.6 Å². The molecular weight excluding hydrogens is 314 g/mol. The largest absolute Gasteiger partial charge is 0.377 e. The molecule has 2 aromatic heterocycles. The number of rotatable bonds is 5. The lowest BCUT2D eigenvalue weighted by Crippen LogP contribution is -2.21. The first-order chi connectivity index (χ1) is 10.0. The van der Waals surface area contributed by atoms with Crippen LogP contribution in [0.5, 0.6) is 0 Å². The maximum absolute atomic E-state index is 12.1. The van der Waals surface area contributed by atoms with E-state index in [1.165, 1.54) is 11.3 Å². The molecule has 1 aliphatic heterocycles. The first-order valence-corrected chi connectivity index (χ1v) is 9.29. The highest BCUT2D eigenvalue weighted by atomic mass is 32.2. The lowest BCUT2D eigenvalue weighted by Gasteiger charge is -2.08. The second-order valence-corrected chi connectivity index (χ2v) is 7.94. The molecule has 0 spiro atoms. The van der Waals surface area contributed by atoms with Gasteiger partial charge in [-0.15, -0.1) is 11.3 Å². The van der Waals surface area contributed by atoms with Gasteiger partial charge in [-0.3, -0.25) is 0 Å². The number of hydrogen-bond acceptors (Lipinski definition) is 8. The van der Waals surface area contributed by atoms with E-state index in [1.807, 2.05) is 6.92 Å². The number of thiazole rings is 1. The standard InChI is InChI=1S/C12H15N3O4S2/c1-8-11(20-7-13-8)12-14-10(15-19-12)6-21(16,17)5-9-3-2-4-18-9/h7,9H,2-6H2,1H3/t9-/m1/s1. The quantitative estimate of drug-likeness (QED) is 0.822. The number of sulfone groups is 1. The summed E-state index contributed by atoms with van der Waals surface area (Å²) in [6.45, 7) is 2.47. The van der Waals surface area contributed by atoms with E-state index in [9.17, 15) is 8.42 Å². The summed E-state index contributed by atoms with van der Waals surface area (Å²) in [5.41, 5.74) is 2.47. The van der Waals surface area contributed by atoms with Gasteiger partial charge >= 0.3 is 0 Å². The van der Waals surface area contributed by atoms with Crippen LogP contribution >= 0.6 is 11.3 Å². The van der Waals surface area contributed by atoms with Crippen LogP contribution in [0.25, 0.3) is 10.8 Å². The third kappa shape index (κ3) is 3.47. The minimum atomic E-state index is -3.31. The lowest BCUT2D eigenvalue weighted by molar-refractivity contribution is 0.127. The Labute approximate surface area is 126 Å². The van der Waals surface area contributed by atoms with Crippen molar-refractivity contribution in [2.45, 2.75) is 31.6 Å². The third-order valence-corrected chi connectivity index (χ3v) is 5.71. The molecule has 114 valence electrons. The highest BCUT2D eigenvalue weighted by Gasteiger charge is 2.25. The van der Waals surface area contributed by atoms with Gasteiger partial charge in [0.25, 0.3) is 5.89 Å². The van der Waals surface area contributed by atoms with Crippen molar-refractivity contribution < 1.29 is 17.7 Å². The number of hydrogen-bond donors (Lipinski definition) is 0. The van der Waals surface area contributed by atoms with Gasteiger partial charge in [-0.2, -0.15) is 4.98 Å². The van der Waals surface area contributed by atoms with Crippen LogP contribution in [0.3, 0.4) is 0 Å². The van der Waals surface area contributed by atoms with Crippen LogP contribution in [0, 0.1) is 6.92 Å². The van der Waals surface area contributed by atoms with Crippen molar-refractivity contribution in [2.75, 3.05) is 12.4 Å². The Morgan fingerprint density at radius 2 is 2.33 bits per heavy atom. The molecule has 2 aromatic rings. The molecule has 3 rings (SSSR count).